The Morgan fingerprint density at radius 2 is 1.55 bits per heavy atom. The molecule has 0 bridgehead atoms. The fourth-order valence-corrected chi connectivity index (χ4v) is 2.71. The number of aromatic nitrogens is 1. The van der Waals surface area contributed by atoms with E-state index in [2.05, 4.69) is 68.5 Å². The topological polar surface area (TPSA) is 17.3 Å². The van der Waals surface area contributed by atoms with Gasteiger partial charge in [0.25, 0.3) is 0 Å². The highest BCUT2D eigenvalue weighted by Gasteiger charge is 2.11. The van der Waals surface area contributed by atoms with Gasteiger partial charge in [0.2, 0.25) is 0 Å². The molecule has 0 atom stereocenters. The molecule has 0 radical (unpaired) electrons. The predicted octanol–water partition coefficient (Wildman–Crippen LogP) is 5.20. The molecule has 20 heavy (non-hydrogen) atoms. The Kier molecular flexibility index (Phi) is 3.52. The van der Waals surface area contributed by atoms with E-state index >= 15 is 0 Å². The third kappa shape index (κ3) is 2.00. The Labute approximate surface area is 125 Å². The second kappa shape index (κ2) is 5.47. The molecule has 0 aliphatic heterocycles. The Morgan fingerprint density at radius 1 is 1.00 bits per heavy atom. The maximum absolute atomic E-state index is 4.40. The molecule has 0 spiro atoms. The van der Waals surface area contributed by atoms with Crippen LogP contribution in [-0.4, -0.2) is 9.69 Å². The van der Waals surface area contributed by atoms with Gasteiger partial charge in [0, 0.05) is 10.8 Å². The summed E-state index contributed by atoms with van der Waals surface area (Å²) in [5.74, 6) is 0.828. The first-order valence-corrected chi connectivity index (χ1v) is 7.22. The quantitative estimate of drug-likeness (QED) is 0.465. The summed E-state index contributed by atoms with van der Waals surface area (Å²) in [5.41, 5.74) is 2.28. The first-order valence-electron chi connectivity index (χ1n) is 6.31. The molecule has 0 saturated carbocycles. The van der Waals surface area contributed by atoms with Gasteiger partial charge >= 0.3 is 0 Å². The number of aliphatic imine (C=N–C) groups is 1. The van der Waals surface area contributed by atoms with Crippen molar-refractivity contribution in [3.63, 3.8) is 0 Å². The Balaban J connectivity index is 2.48. The molecule has 0 amide bonds. The van der Waals surface area contributed by atoms with E-state index in [-0.39, 0.29) is 0 Å². The zero-order valence-electron chi connectivity index (χ0n) is 10.8. The number of nitrogens with zero attached hydrogens (tertiary/aromatic N) is 2. The van der Waals surface area contributed by atoms with Crippen molar-refractivity contribution in [2.75, 3.05) is 0 Å². The molecule has 3 rings (SSSR count). The van der Waals surface area contributed by atoms with Crippen molar-refractivity contribution >= 4 is 48.7 Å². The number of fused-ring (bicyclic) bond motifs is 3. The molecule has 0 N–H and O–H groups in total. The van der Waals surface area contributed by atoms with E-state index in [1.54, 1.807) is 11.2 Å². The maximum Gasteiger partial charge on any atom is 0.138 e. The Hall–Kier alpha value is -2.13. The number of hydrogen-bond donors (Lipinski definition) is 0. The van der Waals surface area contributed by atoms with Crippen molar-refractivity contribution < 1.29 is 0 Å². The number of allylic oxidation sites excluding steroid dienone is 2. The summed E-state index contributed by atoms with van der Waals surface area (Å²) in [6.45, 7) is 3.77. The molecule has 0 fully saturated rings. The van der Waals surface area contributed by atoms with Crippen LogP contribution < -0.4 is 0 Å². The van der Waals surface area contributed by atoms with E-state index < -0.39 is 0 Å². The van der Waals surface area contributed by atoms with Crippen LogP contribution in [0.5, 0.6) is 0 Å². The lowest BCUT2D eigenvalue weighted by Gasteiger charge is -2.06. The lowest BCUT2D eigenvalue weighted by atomic mass is 10.2. The third-order valence-electron chi connectivity index (χ3n) is 3.26. The molecule has 1 aromatic heterocycles. The minimum Gasteiger partial charge on any atom is -0.294 e. The number of hydrogen-bond acceptors (Lipinski definition) is 1. The third-order valence-corrected chi connectivity index (χ3v) is 3.46. The molecule has 98 valence electrons. The molecule has 3 aromatic rings. The molecule has 0 aliphatic carbocycles. The van der Waals surface area contributed by atoms with Crippen LogP contribution in [0.4, 0.5) is 0 Å². The fourth-order valence-electron chi connectivity index (χ4n) is 2.50. The van der Waals surface area contributed by atoms with Crippen LogP contribution in [0.25, 0.3) is 27.6 Å². The van der Waals surface area contributed by atoms with Crippen molar-refractivity contribution in [3.05, 3.63) is 67.3 Å². The lowest BCUT2D eigenvalue weighted by Crippen LogP contribution is -1.94. The fraction of sp³-hybridized carbons (Fsp3) is 0. The highest BCUT2D eigenvalue weighted by atomic mass is 79.9. The minimum absolute atomic E-state index is 0.828. The summed E-state index contributed by atoms with van der Waals surface area (Å²) < 4.78 is 2.14. The minimum atomic E-state index is 0.828. The van der Waals surface area contributed by atoms with Gasteiger partial charge in [0.15, 0.2) is 0 Å². The Bertz CT molecular complexity index is 787. The molecule has 0 unspecified atom stereocenters. The molecular weight excluding hydrogens is 312 g/mol. The van der Waals surface area contributed by atoms with Gasteiger partial charge in [-0.15, -0.1) is 0 Å². The van der Waals surface area contributed by atoms with Gasteiger partial charge in [-0.1, -0.05) is 49.1 Å². The normalized spacial score (nSPS) is 12.6. The number of benzene rings is 2. The number of para-hydroxylation sites is 2. The smallest absolute Gasteiger partial charge is 0.138 e. The summed E-state index contributed by atoms with van der Waals surface area (Å²) >= 11 is 3.25. The van der Waals surface area contributed by atoms with Gasteiger partial charge in [0.1, 0.15) is 5.82 Å². The average Bonchev–Trinajstić information content (AvgIpc) is 2.82. The predicted molar refractivity (Wildman–Crippen MR) is 91.3 cm³/mol. The van der Waals surface area contributed by atoms with E-state index in [9.17, 15) is 0 Å². The standard InChI is InChI=1S/C17H13BrN2/c1-2-7-17(19-12-18)20-15-10-5-3-8-13(15)14-9-4-6-11-16(14)20/h2-12H,1H2/b17-7+,19-12?. The largest absolute Gasteiger partial charge is 0.294 e. The van der Waals surface area contributed by atoms with E-state index in [0.717, 1.165) is 16.9 Å². The number of halogens is 1. The average molecular weight is 325 g/mol. The van der Waals surface area contributed by atoms with Gasteiger partial charge in [-0.2, -0.15) is 0 Å². The summed E-state index contributed by atoms with van der Waals surface area (Å²) in [7, 11) is 0. The second-order valence-corrected chi connectivity index (χ2v) is 4.77. The lowest BCUT2D eigenvalue weighted by molar-refractivity contribution is 1.18. The van der Waals surface area contributed by atoms with Crippen LogP contribution in [0.1, 0.15) is 0 Å². The van der Waals surface area contributed by atoms with Gasteiger partial charge in [0.05, 0.1) is 16.2 Å². The summed E-state index contributed by atoms with van der Waals surface area (Å²) in [6, 6.07) is 16.7. The van der Waals surface area contributed by atoms with E-state index in [0.29, 0.717) is 0 Å². The van der Waals surface area contributed by atoms with Crippen molar-refractivity contribution in [2.45, 2.75) is 0 Å². The van der Waals surface area contributed by atoms with Gasteiger partial charge in [-0.05, 0) is 34.1 Å². The number of rotatable bonds is 3. The van der Waals surface area contributed by atoms with Crippen molar-refractivity contribution in [3.8, 4) is 0 Å². The molecule has 0 aliphatic rings. The second-order valence-electron chi connectivity index (χ2n) is 4.36. The van der Waals surface area contributed by atoms with Gasteiger partial charge in [-0.3, -0.25) is 4.57 Å². The first-order chi connectivity index (χ1) is 9.86. The van der Waals surface area contributed by atoms with Crippen LogP contribution in [-0.2, 0) is 0 Å². The first kappa shape index (κ1) is 12.9. The molecule has 3 heteroatoms. The van der Waals surface area contributed by atoms with Crippen molar-refractivity contribution in [2.24, 2.45) is 4.99 Å². The molecule has 0 saturated heterocycles. The van der Waals surface area contributed by atoms with Crippen LogP contribution in [0.3, 0.4) is 0 Å². The monoisotopic (exact) mass is 324 g/mol. The highest BCUT2D eigenvalue weighted by molar-refractivity contribution is 9.17. The zero-order valence-corrected chi connectivity index (χ0v) is 12.4. The van der Waals surface area contributed by atoms with Gasteiger partial charge < -0.3 is 0 Å². The van der Waals surface area contributed by atoms with Crippen molar-refractivity contribution in [1.82, 2.24) is 4.57 Å². The SMILES string of the molecule is C=C/C=C(\N=CBr)n1c2ccccc2c2ccccc21. The Morgan fingerprint density at radius 3 is 2.05 bits per heavy atom. The molecular formula is C17H13BrN2. The van der Waals surface area contributed by atoms with E-state index in [1.807, 2.05) is 18.2 Å². The van der Waals surface area contributed by atoms with Crippen LogP contribution >= 0.6 is 15.9 Å². The molecule has 1 heterocycles. The zero-order chi connectivity index (χ0) is 13.9. The highest BCUT2D eigenvalue weighted by Crippen LogP contribution is 2.31. The summed E-state index contributed by atoms with van der Waals surface area (Å²) in [4.78, 5) is 4.40. The summed E-state index contributed by atoms with van der Waals surface area (Å²) in [5, 5.41) is 4.07. The maximum atomic E-state index is 4.40. The van der Waals surface area contributed by atoms with Gasteiger partial charge in [-0.25, -0.2) is 4.99 Å². The van der Waals surface area contributed by atoms with E-state index in [4.69, 9.17) is 0 Å². The van der Waals surface area contributed by atoms with Crippen LogP contribution in [0.2, 0.25) is 0 Å². The van der Waals surface area contributed by atoms with E-state index in [1.165, 1.54) is 10.8 Å². The van der Waals surface area contributed by atoms with Crippen LogP contribution in [0.15, 0.2) is 72.3 Å². The summed E-state index contributed by atoms with van der Waals surface area (Å²) in [6.07, 6.45) is 3.65. The molecule has 2 aromatic carbocycles. The molecule has 2 nitrogen and oxygen atoms in total. The van der Waals surface area contributed by atoms with Crippen molar-refractivity contribution in [1.29, 1.82) is 0 Å². The van der Waals surface area contributed by atoms with Crippen LogP contribution in [0, 0.1) is 0 Å².